The van der Waals surface area contributed by atoms with E-state index in [4.69, 9.17) is 5.73 Å². The number of hydrogen-bond acceptors (Lipinski definition) is 4. The van der Waals surface area contributed by atoms with Gasteiger partial charge >= 0.3 is 0 Å². The third-order valence-electron chi connectivity index (χ3n) is 1.68. The molecule has 0 aromatic heterocycles. The fourth-order valence-electron chi connectivity index (χ4n) is 1.07. The van der Waals surface area contributed by atoms with Crippen LogP contribution in [0.5, 0.6) is 0 Å². The van der Waals surface area contributed by atoms with E-state index >= 15 is 0 Å². The highest BCUT2D eigenvalue weighted by molar-refractivity contribution is 7.99. The summed E-state index contributed by atoms with van der Waals surface area (Å²) in [6.07, 6.45) is 0. The van der Waals surface area contributed by atoms with Gasteiger partial charge in [-0.15, -0.1) is 11.8 Å². The van der Waals surface area contributed by atoms with Crippen LogP contribution in [0.4, 0.5) is 15.8 Å². The molecule has 1 rings (SSSR count). The van der Waals surface area contributed by atoms with Crippen molar-refractivity contribution in [1.29, 1.82) is 0 Å². The van der Waals surface area contributed by atoms with Crippen LogP contribution in [0.2, 0.25) is 0 Å². The summed E-state index contributed by atoms with van der Waals surface area (Å²) in [4.78, 5) is 10.1. The van der Waals surface area contributed by atoms with Crippen molar-refractivity contribution in [2.24, 2.45) is 0 Å². The molecule has 82 valence electrons. The second-order valence-electron chi connectivity index (χ2n) is 3.23. The Bertz CT molecular complexity index is 396. The van der Waals surface area contributed by atoms with Crippen LogP contribution < -0.4 is 5.73 Å². The average molecular weight is 230 g/mol. The maximum atomic E-state index is 13.5. The number of thioether (sulfide) groups is 1. The highest BCUT2D eigenvalue weighted by atomic mass is 32.2. The lowest BCUT2D eigenvalue weighted by atomic mass is 10.2. The zero-order chi connectivity index (χ0) is 11.6. The van der Waals surface area contributed by atoms with Gasteiger partial charge in [-0.05, 0) is 6.07 Å². The molecule has 0 atom stereocenters. The lowest BCUT2D eigenvalue weighted by Crippen LogP contribution is -2.00. The Hall–Kier alpha value is -1.30. The first-order valence-electron chi connectivity index (χ1n) is 4.32. The third kappa shape index (κ3) is 2.59. The average Bonchev–Trinajstić information content (AvgIpc) is 2.12. The molecular weight excluding hydrogens is 219 g/mol. The summed E-state index contributed by atoms with van der Waals surface area (Å²) >= 11 is 1.28. The summed E-state index contributed by atoms with van der Waals surface area (Å²) in [5, 5.41) is 10.7. The van der Waals surface area contributed by atoms with E-state index in [1.165, 1.54) is 23.9 Å². The van der Waals surface area contributed by atoms with Crippen molar-refractivity contribution >= 4 is 23.1 Å². The Morgan fingerprint density at radius 1 is 1.53 bits per heavy atom. The largest absolute Gasteiger partial charge is 0.391 e. The highest BCUT2D eigenvalue weighted by Gasteiger charge is 2.18. The van der Waals surface area contributed by atoms with Gasteiger partial charge in [0.05, 0.1) is 4.92 Å². The van der Waals surface area contributed by atoms with E-state index in [1.807, 2.05) is 13.8 Å². The Morgan fingerprint density at radius 3 is 2.60 bits per heavy atom. The fourth-order valence-corrected chi connectivity index (χ4v) is 1.93. The molecule has 0 radical (unpaired) electrons. The zero-order valence-electron chi connectivity index (χ0n) is 8.36. The second-order valence-corrected chi connectivity index (χ2v) is 4.85. The van der Waals surface area contributed by atoms with Crippen LogP contribution in [-0.2, 0) is 0 Å². The molecule has 0 aliphatic heterocycles. The first-order chi connectivity index (χ1) is 6.93. The van der Waals surface area contributed by atoms with Gasteiger partial charge in [0.2, 0.25) is 0 Å². The van der Waals surface area contributed by atoms with Crippen molar-refractivity contribution in [2.75, 3.05) is 5.73 Å². The Balaban J connectivity index is 3.15. The lowest BCUT2D eigenvalue weighted by Gasteiger charge is -2.07. The van der Waals surface area contributed by atoms with Gasteiger partial charge in [-0.3, -0.25) is 10.1 Å². The van der Waals surface area contributed by atoms with Gasteiger partial charge in [0.1, 0.15) is 5.69 Å². The standard InChI is InChI=1S/C9H11FN2O2S/c1-5(2)15-7-4-3-6(12(13)14)9(11)8(7)10/h3-5H,11H2,1-2H3. The van der Waals surface area contributed by atoms with Crippen LogP contribution >= 0.6 is 11.8 Å². The topological polar surface area (TPSA) is 69.2 Å². The molecule has 0 aliphatic carbocycles. The molecule has 1 aromatic carbocycles. The van der Waals surface area contributed by atoms with E-state index in [9.17, 15) is 14.5 Å². The van der Waals surface area contributed by atoms with Crippen molar-refractivity contribution in [2.45, 2.75) is 24.0 Å². The molecule has 0 heterocycles. The molecular formula is C9H11FN2O2S. The van der Waals surface area contributed by atoms with Gasteiger partial charge in [0.25, 0.3) is 5.69 Å². The van der Waals surface area contributed by atoms with Crippen molar-refractivity contribution in [3.63, 3.8) is 0 Å². The van der Waals surface area contributed by atoms with Crippen molar-refractivity contribution in [3.8, 4) is 0 Å². The number of anilines is 1. The summed E-state index contributed by atoms with van der Waals surface area (Å²) in [5.74, 6) is -0.706. The Kier molecular flexibility index (Phi) is 3.52. The molecule has 4 nitrogen and oxygen atoms in total. The highest BCUT2D eigenvalue weighted by Crippen LogP contribution is 2.33. The van der Waals surface area contributed by atoms with Gasteiger partial charge in [0, 0.05) is 16.2 Å². The summed E-state index contributed by atoms with van der Waals surface area (Å²) in [7, 11) is 0. The molecule has 0 amide bonds. The summed E-state index contributed by atoms with van der Waals surface area (Å²) < 4.78 is 13.5. The number of nitro benzene ring substituents is 1. The Morgan fingerprint density at radius 2 is 2.13 bits per heavy atom. The van der Waals surface area contributed by atoms with Crippen LogP contribution in [0.3, 0.4) is 0 Å². The maximum Gasteiger partial charge on any atom is 0.295 e. The number of benzene rings is 1. The first-order valence-corrected chi connectivity index (χ1v) is 5.20. The number of nitro groups is 1. The molecule has 0 unspecified atom stereocenters. The minimum absolute atomic E-state index is 0.195. The third-order valence-corrected chi connectivity index (χ3v) is 2.72. The van der Waals surface area contributed by atoms with Crippen molar-refractivity contribution < 1.29 is 9.31 Å². The van der Waals surface area contributed by atoms with Gasteiger partial charge < -0.3 is 5.73 Å². The molecule has 0 fully saturated rings. The molecule has 0 spiro atoms. The predicted octanol–water partition coefficient (Wildman–Crippen LogP) is 2.82. The van der Waals surface area contributed by atoms with Gasteiger partial charge in [-0.2, -0.15) is 0 Å². The SMILES string of the molecule is CC(C)Sc1ccc([N+](=O)[O-])c(N)c1F. The smallest absolute Gasteiger partial charge is 0.295 e. The van der Waals surface area contributed by atoms with E-state index in [0.717, 1.165) is 0 Å². The summed E-state index contributed by atoms with van der Waals surface area (Å²) in [6.45, 7) is 3.81. The van der Waals surface area contributed by atoms with E-state index in [1.54, 1.807) is 0 Å². The van der Waals surface area contributed by atoms with Gasteiger partial charge in [-0.25, -0.2) is 4.39 Å². The van der Waals surface area contributed by atoms with Gasteiger partial charge in [-0.1, -0.05) is 13.8 Å². The molecule has 15 heavy (non-hydrogen) atoms. The molecule has 0 saturated carbocycles. The van der Waals surface area contributed by atoms with E-state index in [0.29, 0.717) is 4.90 Å². The quantitative estimate of drug-likeness (QED) is 0.375. The second kappa shape index (κ2) is 4.48. The number of hydrogen-bond donors (Lipinski definition) is 1. The number of nitrogen functional groups attached to an aromatic ring is 1. The molecule has 6 heteroatoms. The molecule has 0 aliphatic rings. The lowest BCUT2D eigenvalue weighted by molar-refractivity contribution is -0.384. The normalized spacial score (nSPS) is 10.7. The first kappa shape index (κ1) is 11.8. The van der Waals surface area contributed by atoms with Crippen LogP contribution in [0, 0.1) is 15.9 Å². The van der Waals surface area contributed by atoms with Crippen molar-refractivity contribution in [1.82, 2.24) is 0 Å². The van der Waals surface area contributed by atoms with Crippen LogP contribution in [0.15, 0.2) is 17.0 Å². The minimum Gasteiger partial charge on any atom is -0.391 e. The maximum absolute atomic E-state index is 13.5. The monoisotopic (exact) mass is 230 g/mol. The van der Waals surface area contributed by atoms with E-state index < -0.39 is 16.4 Å². The number of rotatable bonds is 3. The summed E-state index contributed by atoms with van der Waals surface area (Å²) in [5.41, 5.74) is 4.54. The number of nitrogens with two attached hydrogens (primary N) is 1. The van der Waals surface area contributed by atoms with Crippen LogP contribution in [0.1, 0.15) is 13.8 Å². The zero-order valence-corrected chi connectivity index (χ0v) is 9.18. The van der Waals surface area contributed by atoms with Crippen molar-refractivity contribution in [3.05, 3.63) is 28.1 Å². The van der Waals surface area contributed by atoms with E-state index in [-0.39, 0.29) is 10.9 Å². The molecule has 1 aromatic rings. The molecule has 0 saturated heterocycles. The van der Waals surface area contributed by atoms with E-state index in [2.05, 4.69) is 0 Å². The fraction of sp³-hybridized carbons (Fsp3) is 0.333. The summed E-state index contributed by atoms with van der Waals surface area (Å²) in [6, 6.07) is 2.61. The minimum atomic E-state index is -0.706. The Labute approximate surface area is 90.8 Å². The van der Waals surface area contributed by atoms with Gasteiger partial charge in [0.15, 0.2) is 5.82 Å². The number of halogens is 1. The van der Waals surface area contributed by atoms with Crippen LogP contribution in [0.25, 0.3) is 0 Å². The molecule has 2 N–H and O–H groups in total. The number of nitrogens with zero attached hydrogens (tertiary/aromatic N) is 1. The van der Waals surface area contributed by atoms with Crippen LogP contribution in [-0.4, -0.2) is 10.2 Å². The molecule has 0 bridgehead atoms. The predicted molar refractivity (Wildman–Crippen MR) is 58.5 cm³/mol.